The van der Waals surface area contributed by atoms with Crippen molar-refractivity contribution >= 4 is 11.7 Å². The lowest BCUT2D eigenvalue weighted by atomic mass is 9.81. The number of Topliss-reactive ketones (excluding diaryl/α,β-unsaturated/α-hetero) is 1. The Labute approximate surface area is 142 Å². The van der Waals surface area contributed by atoms with Gasteiger partial charge in [-0.3, -0.25) is 4.79 Å². The number of carbonyl (C=O) groups is 1. The lowest BCUT2D eigenvalue weighted by molar-refractivity contribution is 0.0962. The van der Waals surface area contributed by atoms with Crippen molar-refractivity contribution in [3.8, 4) is 0 Å². The predicted octanol–water partition coefficient (Wildman–Crippen LogP) is 3.69. The lowest BCUT2D eigenvalue weighted by Gasteiger charge is -2.29. The van der Waals surface area contributed by atoms with Crippen molar-refractivity contribution in [3.63, 3.8) is 0 Å². The number of fused-ring (bicyclic) bond motifs is 1. The third-order valence-electron chi connectivity index (χ3n) is 5.29. The van der Waals surface area contributed by atoms with Crippen LogP contribution in [-0.2, 0) is 6.42 Å². The Morgan fingerprint density at radius 3 is 2.67 bits per heavy atom. The molecule has 0 saturated carbocycles. The number of hydrogen-bond donors (Lipinski definition) is 0. The van der Waals surface area contributed by atoms with Crippen molar-refractivity contribution in [1.82, 2.24) is 9.97 Å². The van der Waals surface area contributed by atoms with Crippen LogP contribution in [0.2, 0.25) is 0 Å². The number of rotatable bonds is 2. The second kappa shape index (κ2) is 6.34. The first-order valence-electron chi connectivity index (χ1n) is 8.92. The molecule has 1 fully saturated rings. The Morgan fingerprint density at radius 2 is 1.88 bits per heavy atom. The summed E-state index contributed by atoms with van der Waals surface area (Å²) < 4.78 is 0. The normalized spacial score (nSPS) is 20.8. The van der Waals surface area contributed by atoms with Gasteiger partial charge in [-0.05, 0) is 49.7 Å². The molecule has 0 bridgehead atoms. The van der Waals surface area contributed by atoms with E-state index in [0.717, 1.165) is 36.7 Å². The molecule has 0 amide bonds. The van der Waals surface area contributed by atoms with Gasteiger partial charge in [0.25, 0.3) is 0 Å². The highest BCUT2D eigenvalue weighted by atomic mass is 16.1. The summed E-state index contributed by atoms with van der Waals surface area (Å²) in [5.41, 5.74) is 4.18. The zero-order valence-electron chi connectivity index (χ0n) is 14.2. The largest absolute Gasteiger partial charge is 0.341 e. The van der Waals surface area contributed by atoms with Crippen LogP contribution in [0, 0.1) is 6.92 Å². The van der Waals surface area contributed by atoms with Crippen LogP contribution < -0.4 is 4.90 Å². The van der Waals surface area contributed by atoms with Gasteiger partial charge in [0.15, 0.2) is 5.78 Å². The van der Waals surface area contributed by atoms with Gasteiger partial charge in [-0.25, -0.2) is 9.97 Å². The third-order valence-corrected chi connectivity index (χ3v) is 5.29. The van der Waals surface area contributed by atoms with Crippen LogP contribution in [0.1, 0.15) is 58.8 Å². The quantitative estimate of drug-likeness (QED) is 0.846. The third kappa shape index (κ3) is 2.81. The smallest absolute Gasteiger partial charge is 0.225 e. The van der Waals surface area contributed by atoms with E-state index < -0.39 is 0 Å². The van der Waals surface area contributed by atoms with Crippen LogP contribution in [0.3, 0.4) is 0 Å². The molecule has 2 heterocycles. The molecular weight excluding hydrogens is 298 g/mol. The molecule has 0 N–H and O–H groups in total. The number of carbonyl (C=O) groups excluding carboxylic acids is 1. The molecule has 1 aliphatic carbocycles. The lowest BCUT2D eigenvalue weighted by Crippen LogP contribution is -2.32. The van der Waals surface area contributed by atoms with Crippen molar-refractivity contribution < 1.29 is 4.79 Å². The fourth-order valence-corrected chi connectivity index (χ4v) is 3.95. The van der Waals surface area contributed by atoms with Gasteiger partial charge >= 0.3 is 0 Å². The molecule has 0 unspecified atom stereocenters. The van der Waals surface area contributed by atoms with Gasteiger partial charge in [0.05, 0.1) is 11.3 Å². The Bertz CT molecular complexity index is 765. The van der Waals surface area contributed by atoms with Crippen molar-refractivity contribution in [2.24, 2.45) is 0 Å². The van der Waals surface area contributed by atoms with Crippen molar-refractivity contribution in [2.75, 3.05) is 18.0 Å². The first-order valence-corrected chi connectivity index (χ1v) is 8.92. The SMILES string of the molecule is Cc1ccccc1[C@@H]1CC(=O)c2cnc(N3CCCCC3)nc2C1. The molecule has 4 nitrogen and oxygen atoms in total. The van der Waals surface area contributed by atoms with Gasteiger partial charge in [-0.15, -0.1) is 0 Å². The maximum absolute atomic E-state index is 12.6. The molecule has 4 rings (SSSR count). The second-order valence-electron chi connectivity index (χ2n) is 6.96. The summed E-state index contributed by atoms with van der Waals surface area (Å²) in [7, 11) is 0. The van der Waals surface area contributed by atoms with Crippen molar-refractivity contribution in [3.05, 3.63) is 52.8 Å². The predicted molar refractivity (Wildman–Crippen MR) is 94.7 cm³/mol. The van der Waals surface area contributed by atoms with Gasteiger partial charge in [0.2, 0.25) is 5.95 Å². The number of nitrogens with zero attached hydrogens (tertiary/aromatic N) is 3. The summed E-state index contributed by atoms with van der Waals surface area (Å²) in [5.74, 6) is 1.21. The maximum atomic E-state index is 12.6. The van der Waals surface area contributed by atoms with Gasteiger partial charge in [-0.1, -0.05) is 24.3 Å². The minimum atomic E-state index is 0.176. The fraction of sp³-hybridized carbons (Fsp3) is 0.450. The molecule has 2 aromatic rings. The van der Waals surface area contributed by atoms with Crippen molar-refractivity contribution in [1.29, 1.82) is 0 Å². The molecular formula is C20H23N3O. The average molecular weight is 321 g/mol. The summed E-state index contributed by atoms with van der Waals surface area (Å²) in [4.78, 5) is 24.1. The average Bonchev–Trinajstić information content (AvgIpc) is 2.62. The molecule has 0 spiro atoms. The summed E-state index contributed by atoms with van der Waals surface area (Å²) in [6.07, 6.45) is 6.83. The molecule has 2 aliphatic rings. The molecule has 1 aliphatic heterocycles. The second-order valence-corrected chi connectivity index (χ2v) is 6.96. The van der Waals surface area contributed by atoms with Gasteiger partial charge in [0, 0.05) is 25.7 Å². The highest BCUT2D eigenvalue weighted by Crippen LogP contribution is 2.33. The van der Waals surface area contributed by atoms with E-state index in [9.17, 15) is 4.79 Å². The van der Waals surface area contributed by atoms with E-state index in [1.807, 2.05) is 6.07 Å². The summed E-state index contributed by atoms with van der Waals surface area (Å²) in [6.45, 7) is 4.16. The van der Waals surface area contributed by atoms with Crippen LogP contribution in [0.4, 0.5) is 5.95 Å². The van der Waals surface area contributed by atoms with E-state index in [1.54, 1.807) is 6.20 Å². The Hall–Kier alpha value is -2.23. The van der Waals surface area contributed by atoms with E-state index in [1.165, 1.54) is 30.4 Å². The standard InChI is InChI=1S/C20H23N3O/c1-14-7-3-4-8-16(14)15-11-18-17(19(24)12-15)13-21-20(22-18)23-9-5-2-6-10-23/h3-4,7-8,13,15H,2,5-6,9-12H2,1H3/t15-/m0/s1. The molecule has 24 heavy (non-hydrogen) atoms. The zero-order chi connectivity index (χ0) is 16.5. The van der Waals surface area contributed by atoms with E-state index in [0.29, 0.717) is 6.42 Å². The summed E-state index contributed by atoms with van der Waals surface area (Å²) in [6, 6.07) is 8.37. The molecule has 4 heteroatoms. The highest BCUT2D eigenvalue weighted by Gasteiger charge is 2.29. The van der Waals surface area contributed by atoms with Crippen LogP contribution in [-0.4, -0.2) is 28.8 Å². The summed E-state index contributed by atoms with van der Waals surface area (Å²) >= 11 is 0. The number of aryl methyl sites for hydroxylation is 1. The Balaban J connectivity index is 1.65. The first-order chi connectivity index (χ1) is 11.7. The van der Waals surface area contributed by atoms with Gasteiger partial charge in [-0.2, -0.15) is 0 Å². The van der Waals surface area contributed by atoms with Crippen LogP contribution in [0.15, 0.2) is 30.5 Å². The van der Waals surface area contributed by atoms with E-state index in [-0.39, 0.29) is 11.7 Å². The Kier molecular flexibility index (Phi) is 4.05. The zero-order valence-corrected chi connectivity index (χ0v) is 14.2. The maximum Gasteiger partial charge on any atom is 0.225 e. The molecule has 1 aromatic carbocycles. The number of benzene rings is 1. The number of anilines is 1. The molecule has 0 radical (unpaired) electrons. The Morgan fingerprint density at radius 1 is 1.08 bits per heavy atom. The van der Waals surface area contributed by atoms with Crippen LogP contribution >= 0.6 is 0 Å². The van der Waals surface area contributed by atoms with Crippen LogP contribution in [0.25, 0.3) is 0 Å². The monoisotopic (exact) mass is 321 g/mol. The van der Waals surface area contributed by atoms with E-state index in [4.69, 9.17) is 4.98 Å². The summed E-state index contributed by atoms with van der Waals surface area (Å²) in [5, 5.41) is 0. The van der Waals surface area contributed by atoms with E-state index >= 15 is 0 Å². The minimum Gasteiger partial charge on any atom is -0.341 e. The van der Waals surface area contributed by atoms with Crippen LogP contribution in [0.5, 0.6) is 0 Å². The molecule has 124 valence electrons. The van der Waals surface area contributed by atoms with Crippen molar-refractivity contribution in [2.45, 2.75) is 44.9 Å². The first kappa shape index (κ1) is 15.3. The fourth-order valence-electron chi connectivity index (χ4n) is 3.95. The number of ketones is 1. The highest BCUT2D eigenvalue weighted by molar-refractivity contribution is 5.98. The number of aromatic nitrogens is 2. The molecule has 1 aromatic heterocycles. The number of hydrogen-bond acceptors (Lipinski definition) is 4. The molecule has 1 atom stereocenters. The topological polar surface area (TPSA) is 46.1 Å². The number of piperidine rings is 1. The van der Waals surface area contributed by atoms with Gasteiger partial charge in [0.1, 0.15) is 0 Å². The van der Waals surface area contributed by atoms with Gasteiger partial charge < -0.3 is 4.90 Å². The molecule has 1 saturated heterocycles. The minimum absolute atomic E-state index is 0.176. The van der Waals surface area contributed by atoms with E-state index in [2.05, 4.69) is 35.0 Å².